The highest BCUT2D eigenvalue weighted by Crippen LogP contribution is 2.29. The number of benzene rings is 1. The molecule has 1 heterocycles. The Labute approximate surface area is 133 Å². The lowest BCUT2D eigenvalue weighted by molar-refractivity contribution is -0.142. The Bertz CT molecular complexity index is 654. The normalized spacial score (nSPS) is 13.4. The van der Waals surface area contributed by atoms with Crippen LogP contribution in [-0.4, -0.2) is 37.6 Å². The highest BCUT2D eigenvalue weighted by atomic mass is 16.4. The lowest BCUT2D eigenvalue weighted by atomic mass is 9.83. The molecule has 0 aliphatic heterocycles. The molecule has 2 atom stereocenters. The van der Waals surface area contributed by atoms with Gasteiger partial charge in [0.25, 0.3) is 0 Å². The molecule has 1 aromatic carbocycles. The largest absolute Gasteiger partial charge is 0.481 e. The molecule has 0 saturated heterocycles. The van der Waals surface area contributed by atoms with E-state index in [4.69, 9.17) is 5.73 Å². The SMILES string of the molecule is CCC[C@H](C(=O)O)[C@H](Cc1ccc(C(N)=O)cc1)c1nn[nH]n1. The summed E-state index contributed by atoms with van der Waals surface area (Å²) < 4.78 is 0. The first-order valence-electron chi connectivity index (χ1n) is 7.37. The first kappa shape index (κ1) is 16.6. The zero-order chi connectivity index (χ0) is 16.8. The second-order valence-corrected chi connectivity index (χ2v) is 5.38. The van der Waals surface area contributed by atoms with Crippen LogP contribution in [0.25, 0.3) is 0 Å². The van der Waals surface area contributed by atoms with Gasteiger partial charge in [0.2, 0.25) is 5.91 Å². The number of tetrazole rings is 1. The van der Waals surface area contributed by atoms with Crippen molar-refractivity contribution in [3.8, 4) is 0 Å². The van der Waals surface area contributed by atoms with E-state index in [2.05, 4.69) is 20.6 Å². The van der Waals surface area contributed by atoms with E-state index in [-0.39, 0.29) is 0 Å². The second-order valence-electron chi connectivity index (χ2n) is 5.38. The van der Waals surface area contributed by atoms with Crippen molar-refractivity contribution in [2.24, 2.45) is 11.7 Å². The van der Waals surface area contributed by atoms with Crippen molar-refractivity contribution in [1.82, 2.24) is 20.6 Å². The van der Waals surface area contributed by atoms with Gasteiger partial charge >= 0.3 is 5.97 Å². The topological polar surface area (TPSA) is 135 Å². The third-order valence-corrected chi connectivity index (χ3v) is 3.79. The number of primary amides is 1. The molecule has 1 aromatic heterocycles. The van der Waals surface area contributed by atoms with Crippen LogP contribution in [-0.2, 0) is 11.2 Å². The van der Waals surface area contributed by atoms with Gasteiger partial charge in [-0.25, -0.2) is 0 Å². The molecular weight excluding hydrogens is 298 g/mol. The van der Waals surface area contributed by atoms with Crippen LogP contribution >= 0.6 is 0 Å². The summed E-state index contributed by atoms with van der Waals surface area (Å²) in [7, 11) is 0. The lowest BCUT2D eigenvalue weighted by Gasteiger charge is -2.21. The number of nitrogens with one attached hydrogen (secondary N) is 1. The fourth-order valence-corrected chi connectivity index (χ4v) is 2.61. The van der Waals surface area contributed by atoms with Gasteiger partial charge in [0.05, 0.1) is 5.92 Å². The summed E-state index contributed by atoms with van der Waals surface area (Å²) in [5.74, 6) is -2.00. The van der Waals surface area contributed by atoms with Crippen molar-refractivity contribution in [3.05, 3.63) is 41.2 Å². The van der Waals surface area contributed by atoms with Crippen LogP contribution in [0, 0.1) is 5.92 Å². The Morgan fingerprint density at radius 2 is 2.00 bits per heavy atom. The van der Waals surface area contributed by atoms with E-state index >= 15 is 0 Å². The van der Waals surface area contributed by atoms with Crippen molar-refractivity contribution in [1.29, 1.82) is 0 Å². The molecule has 8 nitrogen and oxygen atoms in total. The van der Waals surface area contributed by atoms with Gasteiger partial charge in [-0.1, -0.05) is 30.7 Å². The number of hydrogen-bond donors (Lipinski definition) is 3. The summed E-state index contributed by atoms with van der Waals surface area (Å²) in [4.78, 5) is 22.7. The van der Waals surface area contributed by atoms with Crippen LogP contribution in [0.15, 0.2) is 24.3 Å². The number of H-pyrrole nitrogens is 1. The molecule has 122 valence electrons. The van der Waals surface area contributed by atoms with E-state index in [0.29, 0.717) is 24.2 Å². The number of carboxylic acid groups (broad SMARTS) is 1. The van der Waals surface area contributed by atoms with Crippen LogP contribution in [0.3, 0.4) is 0 Å². The van der Waals surface area contributed by atoms with E-state index in [0.717, 1.165) is 12.0 Å². The summed E-state index contributed by atoms with van der Waals surface area (Å²) in [6, 6.07) is 6.77. The van der Waals surface area contributed by atoms with Crippen LogP contribution in [0.5, 0.6) is 0 Å². The molecule has 4 N–H and O–H groups in total. The van der Waals surface area contributed by atoms with Crippen molar-refractivity contribution in [3.63, 3.8) is 0 Å². The van der Waals surface area contributed by atoms with Crippen molar-refractivity contribution < 1.29 is 14.7 Å². The number of aliphatic carboxylic acids is 1. The Balaban J connectivity index is 2.27. The average Bonchev–Trinajstić information content (AvgIpc) is 3.05. The zero-order valence-corrected chi connectivity index (χ0v) is 12.8. The van der Waals surface area contributed by atoms with Crippen molar-refractivity contribution in [2.75, 3.05) is 0 Å². The van der Waals surface area contributed by atoms with Crippen molar-refractivity contribution >= 4 is 11.9 Å². The van der Waals surface area contributed by atoms with Gasteiger partial charge < -0.3 is 10.8 Å². The number of hydrogen-bond acceptors (Lipinski definition) is 5. The monoisotopic (exact) mass is 317 g/mol. The number of aromatic nitrogens is 4. The number of amides is 1. The molecule has 0 spiro atoms. The maximum Gasteiger partial charge on any atom is 0.307 e. The van der Waals surface area contributed by atoms with Gasteiger partial charge in [0.1, 0.15) is 0 Å². The smallest absolute Gasteiger partial charge is 0.307 e. The van der Waals surface area contributed by atoms with Crippen LogP contribution < -0.4 is 5.73 Å². The summed E-state index contributed by atoms with van der Waals surface area (Å²) in [5, 5.41) is 23.3. The van der Waals surface area contributed by atoms with Crippen LogP contribution in [0.1, 0.15) is 47.4 Å². The zero-order valence-electron chi connectivity index (χ0n) is 12.8. The van der Waals surface area contributed by atoms with E-state index in [9.17, 15) is 14.7 Å². The van der Waals surface area contributed by atoms with E-state index in [1.807, 2.05) is 6.92 Å². The summed E-state index contributed by atoms with van der Waals surface area (Å²) in [6.45, 7) is 1.94. The number of carbonyl (C=O) groups excluding carboxylic acids is 1. The number of aromatic amines is 1. The Morgan fingerprint density at radius 3 is 2.48 bits per heavy atom. The molecule has 0 radical (unpaired) electrons. The van der Waals surface area contributed by atoms with Gasteiger partial charge in [0, 0.05) is 11.5 Å². The molecule has 2 aromatic rings. The first-order valence-corrected chi connectivity index (χ1v) is 7.37. The molecule has 23 heavy (non-hydrogen) atoms. The van der Waals surface area contributed by atoms with Gasteiger partial charge in [-0.05, 0) is 30.5 Å². The van der Waals surface area contributed by atoms with E-state index in [1.165, 1.54) is 0 Å². The predicted molar refractivity (Wildman–Crippen MR) is 81.6 cm³/mol. The minimum Gasteiger partial charge on any atom is -0.481 e. The summed E-state index contributed by atoms with van der Waals surface area (Å²) in [5.41, 5.74) is 6.51. The third-order valence-electron chi connectivity index (χ3n) is 3.79. The molecule has 0 fully saturated rings. The minimum absolute atomic E-state index is 0.379. The number of carbonyl (C=O) groups is 2. The summed E-state index contributed by atoms with van der Waals surface area (Å²) in [6.07, 6.45) is 1.70. The highest BCUT2D eigenvalue weighted by molar-refractivity contribution is 5.92. The van der Waals surface area contributed by atoms with Gasteiger partial charge in [-0.2, -0.15) is 5.21 Å². The second kappa shape index (κ2) is 7.48. The van der Waals surface area contributed by atoms with E-state index < -0.39 is 23.7 Å². The Morgan fingerprint density at radius 1 is 1.30 bits per heavy atom. The van der Waals surface area contributed by atoms with Crippen LogP contribution in [0.2, 0.25) is 0 Å². The Hall–Kier alpha value is -2.77. The van der Waals surface area contributed by atoms with Gasteiger partial charge in [-0.15, -0.1) is 10.2 Å². The molecule has 0 aliphatic rings. The Kier molecular flexibility index (Phi) is 5.40. The molecule has 8 heteroatoms. The first-order chi connectivity index (χ1) is 11.0. The number of carboxylic acids is 1. The highest BCUT2D eigenvalue weighted by Gasteiger charge is 2.31. The maximum atomic E-state index is 11.6. The summed E-state index contributed by atoms with van der Waals surface area (Å²) >= 11 is 0. The molecule has 0 saturated carbocycles. The quantitative estimate of drug-likeness (QED) is 0.668. The molecule has 1 amide bonds. The van der Waals surface area contributed by atoms with Crippen molar-refractivity contribution in [2.45, 2.75) is 32.1 Å². The minimum atomic E-state index is -0.879. The van der Waals surface area contributed by atoms with E-state index in [1.54, 1.807) is 24.3 Å². The third kappa shape index (κ3) is 4.12. The average molecular weight is 317 g/mol. The molecule has 0 unspecified atom stereocenters. The molecule has 0 aliphatic carbocycles. The lowest BCUT2D eigenvalue weighted by Crippen LogP contribution is -2.25. The fraction of sp³-hybridized carbons (Fsp3) is 0.400. The molecule has 2 rings (SSSR count). The molecule has 0 bridgehead atoms. The maximum absolute atomic E-state index is 11.6. The number of nitrogens with zero attached hydrogens (tertiary/aromatic N) is 3. The predicted octanol–water partition coefficient (Wildman–Crippen LogP) is 1.13. The number of rotatable bonds is 8. The standard InChI is InChI=1S/C15H19N5O3/c1-2-3-11(15(22)23)12(14-17-19-20-18-14)8-9-4-6-10(7-5-9)13(16)21/h4-7,11-12H,2-3,8H2,1H3,(H2,16,21)(H,22,23)(H,17,18,19,20)/t11-,12-/m0/s1. The molecular formula is C15H19N5O3. The van der Waals surface area contributed by atoms with Gasteiger partial charge in [-0.3, -0.25) is 9.59 Å². The number of nitrogens with two attached hydrogens (primary N) is 1. The fourth-order valence-electron chi connectivity index (χ4n) is 2.61. The van der Waals surface area contributed by atoms with Gasteiger partial charge in [0.15, 0.2) is 5.82 Å². The van der Waals surface area contributed by atoms with Crippen LogP contribution in [0.4, 0.5) is 0 Å².